The van der Waals surface area contributed by atoms with E-state index >= 15 is 0 Å². The van der Waals surface area contributed by atoms with Crippen LogP contribution in [0, 0.1) is 11.8 Å². The molecule has 0 unspecified atom stereocenters. The number of ether oxygens (including phenoxy) is 1. The topological polar surface area (TPSA) is 12.5 Å². The minimum absolute atomic E-state index is 0.337. The fourth-order valence-corrected chi connectivity index (χ4v) is 4.00. The normalized spacial score (nSPS) is 18.8. The largest absolute Gasteiger partial charge is 0.385 e. The van der Waals surface area contributed by atoms with Crippen LogP contribution < -0.4 is 0 Å². The van der Waals surface area contributed by atoms with E-state index in [4.69, 9.17) is 27.9 Å². The van der Waals surface area contributed by atoms with Gasteiger partial charge in [-0.2, -0.15) is 0 Å². The zero-order chi connectivity index (χ0) is 16.1. The number of piperidine rings is 1. The molecule has 1 heterocycles. The predicted octanol–water partition coefficient (Wildman–Crippen LogP) is 5.44. The Morgan fingerprint density at radius 3 is 2.23 bits per heavy atom. The summed E-state index contributed by atoms with van der Waals surface area (Å²) in [6.07, 6.45) is 3.52. The third-order valence-corrected chi connectivity index (χ3v) is 5.26. The number of benzene rings is 1. The molecule has 0 aromatic heterocycles. The summed E-state index contributed by atoms with van der Waals surface area (Å²) in [6.45, 7) is 7.70. The van der Waals surface area contributed by atoms with Gasteiger partial charge in [0.25, 0.3) is 0 Å². The van der Waals surface area contributed by atoms with Crippen LogP contribution in [0.1, 0.15) is 44.7 Å². The minimum atomic E-state index is 0.337. The van der Waals surface area contributed by atoms with Crippen molar-refractivity contribution < 1.29 is 4.74 Å². The Balaban J connectivity index is 2.12. The smallest absolute Gasteiger partial charge is 0.0480 e. The Morgan fingerprint density at radius 2 is 1.73 bits per heavy atom. The van der Waals surface area contributed by atoms with Crippen LogP contribution in [0.15, 0.2) is 18.2 Å². The van der Waals surface area contributed by atoms with Crippen LogP contribution in [0.4, 0.5) is 0 Å². The van der Waals surface area contributed by atoms with Gasteiger partial charge in [0.05, 0.1) is 0 Å². The molecule has 0 bridgehead atoms. The molecule has 0 radical (unpaired) electrons. The second kappa shape index (κ2) is 8.54. The van der Waals surface area contributed by atoms with Crippen molar-refractivity contribution in [3.05, 3.63) is 33.8 Å². The Kier molecular flexibility index (Phi) is 7.01. The lowest BCUT2D eigenvalue weighted by molar-refractivity contribution is 0.0875. The van der Waals surface area contributed by atoms with Crippen LogP contribution in [0.3, 0.4) is 0 Å². The molecule has 2 nitrogen and oxygen atoms in total. The molecule has 2 rings (SSSR count). The highest BCUT2D eigenvalue weighted by Crippen LogP contribution is 2.34. The highest BCUT2D eigenvalue weighted by molar-refractivity contribution is 6.34. The average Bonchev–Trinajstić information content (AvgIpc) is 2.47. The second-order valence-electron chi connectivity index (χ2n) is 6.62. The molecule has 22 heavy (non-hydrogen) atoms. The summed E-state index contributed by atoms with van der Waals surface area (Å²) < 4.78 is 5.31. The van der Waals surface area contributed by atoms with E-state index in [1.165, 1.54) is 18.4 Å². The summed E-state index contributed by atoms with van der Waals surface area (Å²) in [5.41, 5.74) is 1.21. The molecular weight excluding hydrogens is 317 g/mol. The van der Waals surface area contributed by atoms with Gasteiger partial charge in [-0.3, -0.25) is 4.90 Å². The maximum atomic E-state index is 6.20. The van der Waals surface area contributed by atoms with E-state index in [2.05, 4.69) is 18.7 Å². The van der Waals surface area contributed by atoms with Gasteiger partial charge < -0.3 is 4.74 Å². The first kappa shape index (κ1) is 18.1. The van der Waals surface area contributed by atoms with Crippen LogP contribution in [-0.2, 0) is 4.74 Å². The molecule has 1 aromatic carbocycles. The summed E-state index contributed by atoms with van der Waals surface area (Å²) in [5.74, 6) is 1.63. The van der Waals surface area contributed by atoms with Crippen molar-refractivity contribution in [3.63, 3.8) is 0 Å². The molecule has 4 heteroatoms. The van der Waals surface area contributed by atoms with Crippen LogP contribution in [0.2, 0.25) is 10.0 Å². The van der Waals surface area contributed by atoms with Crippen LogP contribution >= 0.6 is 23.2 Å². The number of likely N-dealkylation sites (tertiary alicyclic amines) is 1. The number of hydrogen-bond acceptors (Lipinski definition) is 2. The number of hydrogen-bond donors (Lipinski definition) is 0. The molecule has 1 aliphatic rings. The third-order valence-electron chi connectivity index (χ3n) is 4.82. The molecule has 0 N–H and O–H groups in total. The molecule has 0 spiro atoms. The standard InChI is InChI=1S/C18H27Cl2NO/c1-13(2)14-4-7-21(8-5-14)18(6-9-22-3)15-10-16(19)12-17(20)11-15/h10-14,18H,4-9H2,1-3H3/t18-/m0/s1. The van der Waals surface area contributed by atoms with E-state index in [-0.39, 0.29) is 0 Å². The van der Waals surface area contributed by atoms with Gasteiger partial charge in [-0.1, -0.05) is 37.0 Å². The molecule has 1 atom stereocenters. The zero-order valence-electron chi connectivity index (χ0n) is 13.8. The first-order valence-electron chi connectivity index (χ1n) is 8.20. The maximum Gasteiger partial charge on any atom is 0.0480 e. The van der Waals surface area contributed by atoms with E-state index < -0.39 is 0 Å². The summed E-state index contributed by atoms with van der Waals surface area (Å²) in [5, 5.41) is 1.42. The molecule has 1 aromatic rings. The van der Waals surface area contributed by atoms with Gasteiger partial charge in [0.15, 0.2) is 0 Å². The Hall–Kier alpha value is -0.280. The van der Waals surface area contributed by atoms with E-state index in [0.717, 1.165) is 38.0 Å². The Bertz CT molecular complexity index is 450. The van der Waals surface area contributed by atoms with Crippen molar-refractivity contribution in [3.8, 4) is 0 Å². The van der Waals surface area contributed by atoms with Gasteiger partial charge in [-0.25, -0.2) is 0 Å². The molecule has 0 saturated carbocycles. The van der Waals surface area contributed by atoms with Crippen molar-refractivity contribution in [2.75, 3.05) is 26.8 Å². The maximum absolute atomic E-state index is 6.20. The predicted molar refractivity (Wildman–Crippen MR) is 94.8 cm³/mol. The lowest BCUT2D eigenvalue weighted by Crippen LogP contribution is -2.38. The zero-order valence-corrected chi connectivity index (χ0v) is 15.3. The number of rotatable bonds is 6. The monoisotopic (exact) mass is 343 g/mol. The van der Waals surface area contributed by atoms with Crippen molar-refractivity contribution in [1.29, 1.82) is 0 Å². The Morgan fingerprint density at radius 1 is 1.14 bits per heavy atom. The molecule has 0 aliphatic carbocycles. The van der Waals surface area contributed by atoms with E-state index in [0.29, 0.717) is 16.1 Å². The SMILES string of the molecule is COCC[C@@H](c1cc(Cl)cc(Cl)c1)N1CCC(C(C)C)CC1. The van der Waals surface area contributed by atoms with Crippen molar-refractivity contribution in [1.82, 2.24) is 4.90 Å². The summed E-state index contributed by atoms with van der Waals surface area (Å²) in [4.78, 5) is 2.57. The van der Waals surface area contributed by atoms with Gasteiger partial charge in [0.1, 0.15) is 0 Å². The van der Waals surface area contributed by atoms with Crippen molar-refractivity contribution in [2.24, 2.45) is 11.8 Å². The first-order chi connectivity index (χ1) is 10.5. The van der Waals surface area contributed by atoms with Gasteiger partial charge in [-0.15, -0.1) is 0 Å². The fraction of sp³-hybridized carbons (Fsp3) is 0.667. The molecule has 1 fully saturated rings. The molecule has 1 aliphatic heterocycles. The molecule has 1 saturated heterocycles. The van der Waals surface area contributed by atoms with Crippen molar-refractivity contribution >= 4 is 23.2 Å². The van der Waals surface area contributed by atoms with Crippen LogP contribution in [0.5, 0.6) is 0 Å². The minimum Gasteiger partial charge on any atom is -0.385 e. The quantitative estimate of drug-likeness (QED) is 0.681. The van der Waals surface area contributed by atoms with E-state index in [1.807, 2.05) is 12.1 Å². The fourth-order valence-electron chi connectivity index (χ4n) is 3.45. The molecular formula is C18H27Cl2NO. The van der Waals surface area contributed by atoms with E-state index in [9.17, 15) is 0 Å². The Labute approximate surface area is 144 Å². The highest BCUT2D eigenvalue weighted by Gasteiger charge is 2.27. The van der Waals surface area contributed by atoms with Crippen molar-refractivity contribution in [2.45, 2.75) is 39.2 Å². The first-order valence-corrected chi connectivity index (χ1v) is 8.95. The summed E-state index contributed by atoms with van der Waals surface area (Å²) in [7, 11) is 1.76. The van der Waals surface area contributed by atoms with E-state index in [1.54, 1.807) is 13.2 Å². The summed E-state index contributed by atoms with van der Waals surface area (Å²) in [6, 6.07) is 6.22. The van der Waals surface area contributed by atoms with Gasteiger partial charge >= 0.3 is 0 Å². The highest BCUT2D eigenvalue weighted by atomic mass is 35.5. The molecule has 124 valence electrons. The summed E-state index contributed by atoms with van der Waals surface area (Å²) >= 11 is 12.4. The third kappa shape index (κ3) is 4.86. The van der Waals surface area contributed by atoms with Gasteiger partial charge in [0.2, 0.25) is 0 Å². The lowest BCUT2D eigenvalue weighted by atomic mass is 9.85. The number of halogens is 2. The van der Waals surface area contributed by atoms with Gasteiger partial charge in [-0.05, 0) is 68.0 Å². The second-order valence-corrected chi connectivity index (χ2v) is 7.49. The number of nitrogens with zero attached hydrogens (tertiary/aromatic N) is 1. The van der Waals surface area contributed by atoms with Crippen LogP contribution in [0.25, 0.3) is 0 Å². The van der Waals surface area contributed by atoms with Crippen LogP contribution in [-0.4, -0.2) is 31.7 Å². The lowest BCUT2D eigenvalue weighted by Gasteiger charge is -2.39. The molecule has 0 amide bonds. The average molecular weight is 344 g/mol. The number of methoxy groups -OCH3 is 1. The van der Waals surface area contributed by atoms with Gasteiger partial charge in [0, 0.05) is 29.8 Å².